The van der Waals surface area contributed by atoms with Gasteiger partial charge in [-0.3, -0.25) is 19.3 Å². The normalized spacial score (nSPS) is 14.5. The lowest BCUT2D eigenvalue weighted by Crippen LogP contribution is -2.36. The molecule has 0 aromatic heterocycles. The van der Waals surface area contributed by atoms with Crippen molar-refractivity contribution in [2.75, 3.05) is 11.9 Å². The van der Waals surface area contributed by atoms with Gasteiger partial charge in [-0.15, -0.1) is 0 Å². The lowest BCUT2D eigenvalue weighted by Gasteiger charge is -2.13. The smallest absolute Gasteiger partial charge is 0.294 e. The van der Waals surface area contributed by atoms with Crippen molar-refractivity contribution in [3.05, 3.63) is 99.4 Å². The number of benzene rings is 3. The van der Waals surface area contributed by atoms with Crippen molar-refractivity contribution in [2.24, 2.45) is 0 Å². The summed E-state index contributed by atoms with van der Waals surface area (Å²) in [5.74, 6) is -0.417. The minimum Gasteiger partial charge on any atom is -0.488 e. The number of imide groups is 1. The number of carbonyl (C=O) groups excluding carboxylic acids is 3. The highest BCUT2D eigenvalue weighted by Gasteiger charge is 2.36. The van der Waals surface area contributed by atoms with Crippen molar-refractivity contribution in [1.29, 1.82) is 0 Å². The fraction of sp³-hybridized carbons (Fsp3) is 0.115. The Morgan fingerprint density at radius 2 is 1.82 bits per heavy atom. The highest BCUT2D eigenvalue weighted by molar-refractivity contribution is 8.18. The summed E-state index contributed by atoms with van der Waals surface area (Å²) in [7, 11) is 0. The number of para-hydroxylation sites is 1. The molecule has 1 heterocycles. The number of nitrogens with zero attached hydrogens (tertiary/aromatic N) is 1. The van der Waals surface area contributed by atoms with E-state index in [1.54, 1.807) is 30.3 Å². The molecule has 1 N–H and O–H groups in total. The number of carbonyl (C=O) groups is 3. The maximum absolute atomic E-state index is 12.9. The number of hydrogen-bond acceptors (Lipinski definition) is 5. The van der Waals surface area contributed by atoms with Gasteiger partial charge in [-0.2, -0.15) is 0 Å². The fourth-order valence-corrected chi connectivity index (χ4v) is 4.37. The number of rotatable bonds is 7. The Hall–Kier alpha value is -3.55. The minimum absolute atomic E-state index is 0.224. The van der Waals surface area contributed by atoms with Crippen LogP contribution in [0.25, 0.3) is 6.08 Å². The van der Waals surface area contributed by atoms with Crippen LogP contribution >= 0.6 is 23.4 Å². The molecule has 8 heteroatoms. The maximum Gasteiger partial charge on any atom is 0.294 e. The molecule has 0 atom stereocenters. The minimum atomic E-state index is -0.518. The molecule has 1 saturated heterocycles. The number of ether oxygens (including phenoxy) is 1. The van der Waals surface area contributed by atoms with Crippen molar-refractivity contribution in [1.82, 2.24) is 4.90 Å². The molecule has 0 radical (unpaired) electrons. The van der Waals surface area contributed by atoms with Crippen LogP contribution in [0.5, 0.6) is 5.75 Å². The van der Waals surface area contributed by atoms with Crippen molar-refractivity contribution in [2.45, 2.75) is 13.5 Å². The fourth-order valence-electron chi connectivity index (χ4n) is 3.35. The first kappa shape index (κ1) is 23.6. The summed E-state index contributed by atoms with van der Waals surface area (Å²) in [5.41, 5.74) is 3.07. The predicted octanol–water partition coefficient (Wildman–Crippen LogP) is 5.90. The van der Waals surface area contributed by atoms with Gasteiger partial charge in [0.2, 0.25) is 5.91 Å². The average Bonchev–Trinajstić information content (AvgIpc) is 3.06. The van der Waals surface area contributed by atoms with Crippen molar-refractivity contribution in [3.63, 3.8) is 0 Å². The molecule has 1 aliphatic rings. The summed E-state index contributed by atoms with van der Waals surface area (Å²) < 4.78 is 5.93. The van der Waals surface area contributed by atoms with E-state index in [1.807, 2.05) is 55.5 Å². The molecule has 0 bridgehead atoms. The molecule has 1 fully saturated rings. The van der Waals surface area contributed by atoms with E-state index in [-0.39, 0.29) is 18.1 Å². The second kappa shape index (κ2) is 10.6. The summed E-state index contributed by atoms with van der Waals surface area (Å²) in [6.45, 7) is 1.80. The van der Waals surface area contributed by atoms with E-state index >= 15 is 0 Å². The Bertz CT molecular complexity index is 1290. The molecule has 0 aliphatic carbocycles. The van der Waals surface area contributed by atoms with E-state index in [0.717, 1.165) is 27.8 Å². The average molecular weight is 493 g/mol. The lowest BCUT2D eigenvalue weighted by molar-refractivity contribution is -0.127. The molecule has 0 saturated carbocycles. The van der Waals surface area contributed by atoms with Gasteiger partial charge in [0.05, 0.1) is 4.91 Å². The Kier molecular flexibility index (Phi) is 7.35. The molecule has 4 rings (SSSR count). The first-order chi connectivity index (χ1) is 16.4. The van der Waals surface area contributed by atoms with Gasteiger partial charge in [-0.25, -0.2) is 0 Å². The number of thioether (sulfide) groups is 1. The van der Waals surface area contributed by atoms with Crippen LogP contribution in [0.15, 0.2) is 77.7 Å². The number of anilines is 1. The summed E-state index contributed by atoms with van der Waals surface area (Å²) in [4.78, 5) is 38.9. The molecule has 0 unspecified atom stereocenters. The largest absolute Gasteiger partial charge is 0.488 e. The molecule has 34 heavy (non-hydrogen) atoms. The van der Waals surface area contributed by atoms with Gasteiger partial charge >= 0.3 is 0 Å². The van der Waals surface area contributed by atoms with Crippen LogP contribution in [0, 0.1) is 6.92 Å². The Morgan fingerprint density at radius 1 is 1.06 bits per heavy atom. The Morgan fingerprint density at radius 3 is 2.62 bits per heavy atom. The van der Waals surface area contributed by atoms with Gasteiger partial charge in [-0.05, 0) is 54.6 Å². The lowest BCUT2D eigenvalue weighted by atomic mass is 10.1. The number of hydrogen-bond donors (Lipinski definition) is 1. The standard InChI is InChI=1S/C26H21ClN2O4S/c1-17-7-6-10-20(13-17)28-24(30)15-29-25(31)23(34-26(29)32)14-18-8-3-5-12-22(18)33-16-19-9-2-4-11-21(19)27/h2-14H,15-16H2,1H3,(H,28,30)/b23-14-. The highest BCUT2D eigenvalue weighted by Crippen LogP contribution is 2.34. The Balaban J connectivity index is 1.46. The topological polar surface area (TPSA) is 75.7 Å². The van der Waals surface area contributed by atoms with E-state index in [2.05, 4.69) is 5.32 Å². The first-order valence-electron chi connectivity index (χ1n) is 10.5. The third-order valence-electron chi connectivity index (χ3n) is 5.02. The van der Waals surface area contributed by atoms with Gasteiger partial charge in [0, 0.05) is 21.8 Å². The van der Waals surface area contributed by atoms with Crippen molar-refractivity contribution in [3.8, 4) is 5.75 Å². The van der Waals surface area contributed by atoms with E-state index in [1.165, 1.54) is 0 Å². The number of amides is 3. The van der Waals surface area contributed by atoms with E-state index in [0.29, 0.717) is 22.0 Å². The number of halogens is 1. The zero-order chi connectivity index (χ0) is 24.1. The summed E-state index contributed by atoms with van der Waals surface area (Å²) >= 11 is 7.00. The summed E-state index contributed by atoms with van der Waals surface area (Å²) in [5, 5.41) is 2.82. The van der Waals surface area contributed by atoms with Gasteiger partial charge in [-0.1, -0.05) is 60.1 Å². The van der Waals surface area contributed by atoms with Gasteiger partial charge in [0.15, 0.2) is 0 Å². The first-order valence-corrected chi connectivity index (χ1v) is 11.7. The van der Waals surface area contributed by atoms with Crippen molar-refractivity contribution >= 4 is 52.2 Å². The summed E-state index contributed by atoms with van der Waals surface area (Å²) in [6, 6.07) is 21.9. The molecular weight excluding hydrogens is 472 g/mol. The van der Waals surface area contributed by atoms with Crippen LogP contribution in [0.3, 0.4) is 0 Å². The van der Waals surface area contributed by atoms with Crippen LogP contribution in [-0.2, 0) is 16.2 Å². The molecule has 0 spiro atoms. The van der Waals surface area contributed by atoms with Crippen LogP contribution in [-0.4, -0.2) is 28.5 Å². The zero-order valence-electron chi connectivity index (χ0n) is 18.3. The highest BCUT2D eigenvalue weighted by atomic mass is 35.5. The maximum atomic E-state index is 12.9. The van der Waals surface area contributed by atoms with Crippen LogP contribution in [0.4, 0.5) is 10.5 Å². The molecule has 172 valence electrons. The van der Waals surface area contributed by atoms with Gasteiger partial charge in [0.1, 0.15) is 18.9 Å². The second-order valence-electron chi connectivity index (χ2n) is 7.60. The SMILES string of the molecule is Cc1cccc(NC(=O)CN2C(=O)S/C(=C\c3ccccc3OCc3ccccc3Cl)C2=O)c1. The van der Waals surface area contributed by atoms with E-state index in [9.17, 15) is 14.4 Å². The van der Waals surface area contributed by atoms with Crippen LogP contribution < -0.4 is 10.1 Å². The summed E-state index contributed by atoms with van der Waals surface area (Å²) in [6.07, 6.45) is 1.60. The van der Waals surface area contributed by atoms with Gasteiger partial charge in [0.25, 0.3) is 11.1 Å². The number of nitrogens with one attached hydrogen (secondary N) is 1. The molecular formula is C26H21ClN2O4S. The Labute approximate surface area is 206 Å². The second-order valence-corrected chi connectivity index (χ2v) is 9.00. The van der Waals surface area contributed by atoms with Crippen LogP contribution in [0.1, 0.15) is 16.7 Å². The van der Waals surface area contributed by atoms with Crippen LogP contribution in [0.2, 0.25) is 5.02 Å². The van der Waals surface area contributed by atoms with Gasteiger partial charge < -0.3 is 10.1 Å². The third-order valence-corrected chi connectivity index (χ3v) is 6.30. The molecule has 1 aliphatic heterocycles. The third kappa shape index (κ3) is 5.68. The van der Waals surface area contributed by atoms with Crippen molar-refractivity contribution < 1.29 is 19.1 Å². The quantitative estimate of drug-likeness (QED) is 0.415. The molecule has 3 amide bonds. The molecule has 3 aromatic rings. The van der Waals surface area contributed by atoms with E-state index < -0.39 is 17.1 Å². The zero-order valence-corrected chi connectivity index (χ0v) is 19.9. The monoisotopic (exact) mass is 492 g/mol. The predicted molar refractivity (Wildman–Crippen MR) is 135 cm³/mol. The molecule has 6 nitrogen and oxygen atoms in total. The number of aryl methyl sites for hydroxylation is 1. The van der Waals surface area contributed by atoms with E-state index in [4.69, 9.17) is 16.3 Å². The molecule has 3 aromatic carbocycles.